The normalized spacial score (nSPS) is 17.6. The molecule has 90 valence electrons. The number of aromatic hydroxyl groups is 1. The number of phenols is 1. The molecule has 0 bridgehead atoms. The van der Waals surface area contributed by atoms with Crippen molar-refractivity contribution in [3.05, 3.63) is 30.0 Å². The third-order valence-electron chi connectivity index (χ3n) is 3.38. The molecule has 0 radical (unpaired) electrons. The van der Waals surface area contributed by atoms with Gasteiger partial charge in [0.1, 0.15) is 17.1 Å². The fraction of sp³-hybridized carbons (Fsp3) is 0.429. The van der Waals surface area contributed by atoms with E-state index < -0.39 is 0 Å². The van der Waals surface area contributed by atoms with Gasteiger partial charge in [-0.2, -0.15) is 0 Å². The first kappa shape index (κ1) is 10.7. The highest BCUT2D eigenvalue weighted by Gasteiger charge is 2.13. The molecule has 3 rings (SSSR count). The lowest BCUT2D eigenvalue weighted by atomic mass is 10.1. The summed E-state index contributed by atoms with van der Waals surface area (Å²) in [7, 11) is 0. The second kappa shape index (κ2) is 4.41. The first-order valence-corrected chi connectivity index (χ1v) is 6.25. The fourth-order valence-corrected chi connectivity index (χ4v) is 2.50. The molecule has 1 N–H and O–H groups in total. The lowest BCUT2D eigenvalue weighted by molar-refractivity contribution is 0.207. The second-order valence-corrected chi connectivity index (χ2v) is 4.77. The molecule has 0 amide bonds. The van der Waals surface area contributed by atoms with Gasteiger partial charge < -0.3 is 9.52 Å². The molecule has 1 fully saturated rings. The van der Waals surface area contributed by atoms with E-state index in [0.29, 0.717) is 5.75 Å². The van der Waals surface area contributed by atoms with Crippen LogP contribution in [0.5, 0.6) is 5.75 Å². The average molecular weight is 231 g/mol. The van der Waals surface area contributed by atoms with Gasteiger partial charge in [0, 0.05) is 5.39 Å². The van der Waals surface area contributed by atoms with E-state index in [2.05, 4.69) is 4.90 Å². The van der Waals surface area contributed by atoms with Gasteiger partial charge in [0.05, 0.1) is 6.54 Å². The zero-order valence-electron chi connectivity index (χ0n) is 9.85. The molecule has 1 aromatic heterocycles. The van der Waals surface area contributed by atoms with Crippen molar-refractivity contribution in [1.29, 1.82) is 0 Å². The van der Waals surface area contributed by atoms with Gasteiger partial charge in [0.15, 0.2) is 0 Å². The van der Waals surface area contributed by atoms with Crippen molar-refractivity contribution < 1.29 is 9.52 Å². The number of fused-ring (bicyclic) bond motifs is 1. The summed E-state index contributed by atoms with van der Waals surface area (Å²) < 4.78 is 5.77. The zero-order chi connectivity index (χ0) is 11.7. The second-order valence-electron chi connectivity index (χ2n) is 4.77. The van der Waals surface area contributed by atoms with Crippen LogP contribution < -0.4 is 0 Å². The van der Waals surface area contributed by atoms with E-state index in [9.17, 15) is 5.11 Å². The zero-order valence-corrected chi connectivity index (χ0v) is 9.85. The predicted octanol–water partition coefficient (Wildman–Crippen LogP) is 3.12. The predicted molar refractivity (Wildman–Crippen MR) is 67.0 cm³/mol. The van der Waals surface area contributed by atoms with Crippen molar-refractivity contribution in [2.45, 2.75) is 25.8 Å². The van der Waals surface area contributed by atoms with Gasteiger partial charge in [-0.05, 0) is 50.2 Å². The number of benzene rings is 1. The number of hydrogen-bond acceptors (Lipinski definition) is 3. The molecule has 1 aliphatic rings. The van der Waals surface area contributed by atoms with E-state index in [1.54, 1.807) is 12.1 Å². The molecule has 0 aliphatic carbocycles. The smallest absolute Gasteiger partial charge is 0.134 e. The Morgan fingerprint density at radius 1 is 1.12 bits per heavy atom. The average Bonchev–Trinajstić information content (AvgIpc) is 2.71. The van der Waals surface area contributed by atoms with Crippen molar-refractivity contribution in [2.75, 3.05) is 13.1 Å². The molecule has 0 unspecified atom stereocenters. The van der Waals surface area contributed by atoms with Crippen molar-refractivity contribution in [2.24, 2.45) is 0 Å². The molecule has 1 aromatic carbocycles. The molecule has 3 heteroatoms. The molecule has 0 saturated carbocycles. The van der Waals surface area contributed by atoms with Crippen LogP contribution in [0, 0.1) is 0 Å². The summed E-state index contributed by atoms with van der Waals surface area (Å²) in [6.07, 6.45) is 3.94. The summed E-state index contributed by atoms with van der Waals surface area (Å²) in [5.41, 5.74) is 0.856. The maximum absolute atomic E-state index is 9.41. The minimum atomic E-state index is 0.294. The summed E-state index contributed by atoms with van der Waals surface area (Å²) >= 11 is 0. The Hall–Kier alpha value is -1.48. The Labute approximate surface area is 101 Å². The molecule has 2 aromatic rings. The molecule has 1 saturated heterocycles. The minimum absolute atomic E-state index is 0.294. The number of rotatable bonds is 2. The third-order valence-corrected chi connectivity index (χ3v) is 3.38. The van der Waals surface area contributed by atoms with Crippen LogP contribution >= 0.6 is 0 Å². The highest BCUT2D eigenvalue weighted by molar-refractivity contribution is 5.79. The van der Waals surface area contributed by atoms with E-state index in [1.807, 2.05) is 12.1 Å². The van der Waals surface area contributed by atoms with Gasteiger partial charge >= 0.3 is 0 Å². The summed E-state index contributed by atoms with van der Waals surface area (Å²) in [6, 6.07) is 7.27. The highest BCUT2D eigenvalue weighted by Crippen LogP contribution is 2.24. The van der Waals surface area contributed by atoms with Gasteiger partial charge in [-0.15, -0.1) is 0 Å². The van der Waals surface area contributed by atoms with Crippen LogP contribution in [-0.2, 0) is 6.54 Å². The first-order chi connectivity index (χ1) is 8.31. The van der Waals surface area contributed by atoms with Crippen LogP contribution in [-0.4, -0.2) is 23.1 Å². The maximum atomic E-state index is 9.41. The molecular weight excluding hydrogens is 214 g/mol. The van der Waals surface area contributed by atoms with Crippen LogP contribution in [0.2, 0.25) is 0 Å². The number of likely N-dealkylation sites (tertiary alicyclic amines) is 1. The van der Waals surface area contributed by atoms with Gasteiger partial charge in [0.2, 0.25) is 0 Å². The third kappa shape index (κ3) is 2.29. The molecule has 1 aliphatic heterocycles. The lowest BCUT2D eigenvalue weighted by Gasteiger charge is -2.25. The standard InChI is InChI=1S/C14H17NO2/c16-12-4-5-14-11(8-12)9-13(17-14)10-15-6-2-1-3-7-15/h4-5,8-9,16H,1-3,6-7,10H2. The van der Waals surface area contributed by atoms with E-state index in [4.69, 9.17) is 4.42 Å². The Morgan fingerprint density at radius 3 is 2.76 bits per heavy atom. The molecule has 3 nitrogen and oxygen atoms in total. The SMILES string of the molecule is Oc1ccc2oc(CN3CCCCC3)cc2c1. The van der Waals surface area contributed by atoms with Gasteiger partial charge in [-0.3, -0.25) is 4.90 Å². The summed E-state index contributed by atoms with van der Waals surface area (Å²) in [6.45, 7) is 3.22. The maximum Gasteiger partial charge on any atom is 0.134 e. The van der Waals surface area contributed by atoms with Crippen molar-refractivity contribution in [3.8, 4) is 5.75 Å². The summed E-state index contributed by atoms with van der Waals surface area (Å²) in [5, 5.41) is 10.4. The molecule has 2 heterocycles. The molecule has 0 spiro atoms. The number of nitrogens with zero attached hydrogens (tertiary/aromatic N) is 1. The number of furan rings is 1. The van der Waals surface area contributed by atoms with E-state index >= 15 is 0 Å². The van der Waals surface area contributed by atoms with Crippen LogP contribution in [0.3, 0.4) is 0 Å². The Balaban J connectivity index is 1.80. The van der Waals surface area contributed by atoms with E-state index in [0.717, 1.165) is 23.3 Å². The number of hydrogen-bond donors (Lipinski definition) is 1. The van der Waals surface area contributed by atoms with E-state index in [1.165, 1.54) is 32.4 Å². The summed E-state index contributed by atoms with van der Waals surface area (Å²) in [5.74, 6) is 1.29. The fourth-order valence-electron chi connectivity index (χ4n) is 2.50. The monoisotopic (exact) mass is 231 g/mol. The Kier molecular flexibility index (Phi) is 2.77. The van der Waals surface area contributed by atoms with Gasteiger partial charge in [-0.1, -0.05) is 6.42 Å². The first-order valence-electron chi connectivity index (χ1n) is 6.25. The Morgan fingerprint density at radius 2 is 1.94 bits per heavy atom. The van der Waals surface area contributed by atoms with Crippen LogP contribution in [0.1, 0.15) is 25.0 Å². The number of phenolic OH excluding ortho intramolecular Hbond substituents is 1. The Bertz CT molecular complexity index is 512. The quantitative estimate of drug-likeness (QED) is 0.862. The van der Waals surface area contributed by atoms with Crippen molar-refractivity contribution in [3.63, 3.8) is 0 Å². The number of piperidine rings is 1. The van der Waals surface area contributed by atoms with Crippen LogP contribution in [0.4, 0.5) is 0 Å². The molecule has 17 heavy (non-hydrogen) atoms. The largest absolute Gasteiger partial charge is 0.508 e. The highest BCUT2D eigenvalue weighted by atomic mass is 16.3. The topological polar surface area (TPSA) is 36.6 Å². The molecule has 0 atom stereocenters. The van der Waals surface area contributed by atoms with Crippen LogP contribution in [0.25, 0.3) is 11.0 Å². The molecular formula is C14H17NO2. The van der Waals surface area contributed by atoms with Crippen molar-refractivity contribution >= 4 is 11.0 Å². The van der Waals surface area contributed by atoms with Crippen LogP contribution in [0.15, 0.2) is 28.7 Å². The van der Waals surface area contributed by atoms with E-state index in [-0.39, 0.29) is 0 Å². The van der Waals surface area contributed by atoms with Gasteiger partial charge in [-0.25, -0.2) is 0 Å². The lowest BCUT2D eigenvalue weighted by Crippen LogP contribution is -2.28. The van der Waals surface area contributed by atoms with Gasteiger partial charge in [0.25, 0.3) is 0 Å². The van der Waals surface area contributed by atoms with Crippen molar-refractivity contribution in [1.82, 2.24) is 4.90 Å². The summed E-state index contributed by atoms with van der Waals surface area (Å²) in [4.78, 5) is 2.43. The minimum Gasteiger partial charge on any atom is -0.508 e.